The number of hydrogen-bond acceptors (Lipinski definition) is 3. The van der Waals surface area contributed by atoms with Crippen LogP contribution in [0.3, 0.4) is 0 Å². The van der Waals surface area contributed by atoms with E-state index < -0.39 is 0 Å². The maximum atomic E-state index is 5.71. The molecule has 1 unspecified atom stereocenters. The van der Waals surface area contributed by atoms with Gasteiger partial charge in [0, 0.05) is 20.8 Å². The topological polar surface area (TPSA) is 29.3 Å². The van der Waals surface area contributed by atoms with E-state index in [2.05, 4.69) is 47.9 Å². The fraction of sp³-hybridized carbons (Fsp3) is 0.556. The van der Waals surface area contributed by atoms with Gasteiger partial charge in [-0.25, -0.2) is 0 Å². The van der Waals surface area contributed by atoms with Gasteiger partial charge in [0.1, 0.15) is 0 Å². The summed E-state index contributed by atoms with van der Waals surface area (Å²) in [5.74, 6) is 0. The number of nitrogens with zero attached hydrogens (tertiary/aromatic N) is 1. The first-order valence-electron chi connectivity index (χ1n) is 4.18. The lowest BCUT2D eigenvalue weighted by Gasteiger charge is -2.20. The maximum Gasteiger partial charge on any atom is 0.0559 e. The first-order valence-corrected chi connectivity index (χ1v) is 5.79. The Kier molecular flexibility index (Phi) is 3.91. The molecule has 0 aromatic carbocycles. The minimum Gasteiger partial charge on any atom is -0.329 e. The molecule has 1 aromatic rings. The van der Waals surface area contributed by atoms with E-state index >= 15 is 0 Å². The van der Waals surface area contributed by atoms with Gasteiger partial charge < -0.3 is 10.6 Å². The highest BCUT2D eigenvalue weighted by atomic mass is 79.9. The largest absolute Gasteiger partial charge is 0.329 e. The second kappa shape index (κ2) is 4.55. The Bertz CT molecular complexity index is 264. The van der Waals surface area contributed by atoms with E-state index in [4.69, 9.17) is 5.73 Å². The molecule has 0 fully saturated rings. The van der Waals surface area contributed by atoms with Gasteiger partial charge in [0.05, 0.1) is 6.04 Å². The summed E-state index contributed by atoms with van der Waals surface area (Å²) in [6.07, 6.45) is 0. The fourth-order valence-electron chi connectivity index (χ4n) is 1.23. The number of rotatable bonds is 3. The van der Waals surface area contributed by atoms with E-state index in [0.717, 1.165) is 0 Å². The number of thiophene rings is 1. The molecule has 0 saturated carbocycles. The Hall–Kier alpha value is 0.100. The standard InChI is InChI=1S/C9H15BrN2S/c1-6-7(10)4-9(13-6)8(5-11)12(2)3/h4,8H,5,11H2,1-3H3. The van der Waals surface area contributed by atoms with Gasteiger partial charge in [-0.3, -0.25) is 0 Å². The second-order valence-electron chi connectivity index (χ2n) is 3.27. The van der Waals surface area contributed by atoms with Gasteiger partial charge >= 0.3 is 0 Å². The van der Waals surface area contributed by atoms with Gasteiger partial charge in [-0.15, -0.1) is 11.3 Å². The molecule has 1 aromatic heterocycles. The zero-order valence-corrected chi connectivity index (χ0v) is 10.6. The first-order chi connectivity index (χ1) is 6.06. The molecule has 2 N–H and O–H groups in total. The van der Waals surface area contributed by atoms with Gasteiger partial charge in [-0.05, 0) is 43.0 Å². The Labute approximate surface area is 91.9 Å². The van der Waals surface area contributed by atoms with Gasteiger partial charge in [0.15, 0.2) is 0 Å². The third-order valence-electron chi connectivity index (χ3n) is 2.05. The van der Waals surface area contributed by atoms with Gasteiger partial charge in [-0.1, -0.05) is 0 Å². The number of aryl methyl sites for hydroxylation is 1. The van der Waals surface area contributed by atoms with Crippen LogP contribution in [0, 0.1) is 6.92 Å². The summed E-state index contributed by atoms with van der Waals surface area (Å²) in [6.45, 7) is 2.78. The molecule has 0 amide bonds. The van der Waals surface area contributed by atoms with Gasteiger partial charge in [0.25, 0.3) is 0 Å². The molecule has 74 valence electrons. The van der Waals surface area contributed by atoms with Crippen LogP contribution < -0.4 is 5.73 Å². The van der Waals surface area contributed by atoms with Crippen molar-refractivity contribution in [3.05, 3.63) is 20.3 Å². The average molecular weight is 263 g/mol. The zero-order chi connectivity index (χ0) is 10.0. The molecule has 0 aliphatic heterocycles. The molecule has 13 heavy (non-hydrogen) atoms. The molecular weight excluding hydrogens is 248 g/mol. The van der Waals surface area contributed by atoms with Gasteiger partial charge in [0.2, 0.25) is 0 Å². The average Bonchev–Trinajstić information content (AvgIpc) is 2.32. The van der Waals surface area contributed by atoms with Crippen molar-refractivity contribution in [3.63, 3.8) is 0 Å². The van der Waals surface area contributed by atoms with Crippen molar-refractivity contribution < 1.29 is 0 Å². The van der Waals surface area contributed by atoms with E-state index in [9.17, 15) is 0 Å². The molecule has 0 saturated heterocycles. The third kappa shape index (κ3) is 2.53. The predicted octanol–water partition coefficient (Wildman–Crippen LogP) is 2.38. The number of nitrogens with two attached hydrogens (primary N) is 1. The highest BCUT2D eigenvalue weighted by Crippen LogP contribution is 2.31. The van der Waals surface area contributed by atoms with Crippen LogP contribution in [0.1, 0.15) is 15.8 Å². The molecule has 2 nitrogen and oxygen atoms in total. The molecule has 1 atom stereocenters. The van der Waals surface area contributed by atoms with Crippen molar-refractivity contribution in [1.29, 1.82) is 0 Å². The number of likely N-dealkylation sites (N-methyl/N-ethyl adjacent to an activating group) is 1. The lowest BCUT2D eigenvalue weighted by atomic mass is 10.2. The minimum atomic E-state index is 0.343. The number of hydrogen-bond donors (Lipinski definition) is 1. The molecular formula is C9H15BrN2S. The summed E-state index contributed by atoms with van der Waals surface area (Å²) in [7, 11) is 4.11. The van der Waals surface area contributed by atoms with E-state index in [1.54, 1.807) is 11.3 Å². The molecule has 0 radical (unpaired) electrons. The van der Waals surface area contributed by atoms with Crippen LogP contribution in [0.25, 0.3) is 0 Å². The van der Waals surface area contributed by atoms with Crippen molar-refractivity contribution in [1.82, 2.24) is 4.90 Å². The molecule has 0 aliphatic carbocycles. The van der Waals surface area contributed by atoms with Crippen molar-refractivity contribution in [2.24, 2.45) is 5.73 Å². The normalized spacial score (nSPS) is 13.7. The van der Waals surface area contributed by atoms with E-state index in [1.165, 1.54) is 14.2 Å². The zero-order valence-electron chi connectivity index (χ0n) is 8.17. The fourth-order valence-corrected chi connectivity index (χ4v) is 3.00. The van der Waals surface area contributed by atoms with Crippen LogP contribution in [-0.4, -0.2) is 25.5 Å². The minimum absolute atomic E-state index is 0.343. The first kappa shape index (κ1) is 11.2. The summed E-state index contributed by atoms with van der Waals surface area (Å²) in [5, 5.41) is 0. The maximum absolute atomic E-state index is 5.71. The monoisotopic (exact) mass is 262 g/mol. The van der Waals surface area contributed by atoms with Crippen LogP contribution in [-0.2, 0) is 0 Å². The lowest BCUT2D eigenvalue weighted by Crippen LogP contribution is -2.26. The summed E-state index contributed by atoms with van der Waals surface area (Å²) < 4.78 is 1.19. The Morgan fingerprint density at radius 2 is 2.23 bits per heavy atom. The smallest absolute Gasteiger partial charge is 0.0559 e. The highest BCUT2D eigenvalue weighted by molar-refractivity contribution is 9.10. The molecule has 1 rings (SSSR count). The van der Waals surface area contributed by atoms with E-state index in [1.807, 2.05) is 0 Å². The van der Waals surface area contributed by atoms with Gasteiger partial charge in [-0.2, -0.15) is 0 Å². The Balaban J connectivity index is 2.92. The van der Waals surface area contributed by atoms with E-state index in [0.29, 0.717) is 12.6 Å². The summed E-state index contributed by atoms with van der Waals surface area (Å²) in [5.41, 5.74) is 5.71. The number of halogens is 1. The molecule has 4 heteroatoms. The summed E-state index contributed by atoms with van der Waals surface area (Å²) in [6, 6.07) is 2.51. The highest BCUT2D eigenvalue weighted by Gasteiger charge is 2.15. The van der Waals surface area contributed by atoms with Crippen LogP contribution in [0.2, 0.25) is 0 Å². The molecule has 0 bridgehead atoms. The Morgan fingerprint density at radius 3 is 2.54 bits per heavy atom. The van der Waals surface area contributed by atoms with Crippen molar-refractivity contribution in [2.45, 2.75) is 13.0 Å². The Morgan fingerprint density at radius 1 is 1.62 bits per heavy atom. The summed E-state index contributed by atoms with van der Waals surface area (Å²) >= 11 is 5.32. The van der Waals surface area contributed by atoms with Crippen molar-refractivity contribution >= 4 is 27.3 Å². The summed E-state index contributed by atoms with van der Waals surface area (Å²) in [4.78, 5) is 4.80. The third-order valence-corrected chi connectivity index (χ3v) is 4.29. The molecule has 0 spiro atoms. The lowest BCUT2D eigenvalue weighted by molar-refractivity contribution is 0.310. The molecule has 0 aliphatic rings. The van der Waals surface area contributed by atoms with Crippen LogP contribution >= 0.6 is 27.3 Å². The van der Waals surface area contributed by atoms with Crippen molar-refractivity contribution in [3.8, 4) is 0 Å². The van der Waals surface area contributed by atoms with Crippen molar-refractivity contribution in [2.75, 3.05) is 20.6 Å². The quantitative estimate of drug-likeness (QED) is 0.907. The van der Waals surface area contributed by atoms with Crippen LogP contribution in [0.4, 0.5) is 0 Å². The van der Waals surface area contributed by atoms with E-state index in [-0.39, 0.29) is 0 Å². The van der Waals surface area contributed by atoms with Crippen LogP contribution in [0.5, 0.6) is 0 Å². The van der Waals surface area contributed by atoms with Crippen LogP contribution in [0.15, 0.2) is 10.5 Å². The predicted molar refractivity (Wildman–Crippen MR) is 62.2 cm³/mol. The SMILES string of the molecule is Cc1sc(C(CN)N(C)C)cc1Br. The second-order valence-corrected chi connectivity index (χ2v) is 5.41. The molecule has 1 heterocycles.